The summed E-state index contributed by atoms with van der Waals surface area (Å²) in [5.41, 5.74) is 3.89. The van der Waals surface area contributed by atoms with Crippen molar-refractivity contribution < 1.29 is 9.18 Å². The van der Waals surface area contributed by atoms with E-state index in [1.54, 1.807) is 22.9 Å². The van der Waals surface area contributed by atoms with Gasteiger partial charge in [-0.15, -0.1) is 22.7 Å². The van der Waals surface area contributed by atoms with Crippen LogP contribution in [0.25, 0.3) is 26.0 Å². The number of halogens is 1. The van der Waals surface area contributed by atoms with Crippen LogP contribution in [0, 0.1) is 5.82 Å². The number of thiophene rings is 1. The van der Waals surface area contributed by atoms with Gasteiger partial charge >= 0.3 is 0 Å². The van der Waals surface area contributed by atoms with E-state index in [0.717, 1.165) is 43.8 Å². The summed E-state index contributed by atoms with van der Waals surface area (Å²) in [7, 11) is 0. The number of carbonyl (C=O) groups excluding carboxylic acids is 1. The zero-order chi connectivity index (χ0) is 20.7. The molecule has 0 fully saturated rings. The van der Waals surface area contributed by atoms with E-state index in [9.17, 15) is 9.18 Å². The number of anilines is 2. The average molecular weight is 440 g/mol. The Bertz CT molecular complexity index is 1300. The number of aromatic nitrogens is 3. The second kappa shape index (κ2) is 7.73. The molecule has 1 aromatic carbocycles. The molecule has 0 spiro atoms. The maximum atomic E-state index is 14.6. The van der Waals surface area contributed by atoms with Crippen molar-refractivity contribution in [2.45, 2.75) is 19.8 Å². The van der Waals surface area contributed by atoms with Gasteiger partial charge in [0.1, 0.15) is 22.8 Å². The SMILES string of the molecule is CCC(=O)N1CCC=C(c2cc3c(Nc4cc5ncsc5cc4F)ncnc3s2)C1. The Labute approximate surface area is 180 Å². The van der Waals surface area contributed by atoms with Gasteiger partial charge in [-0.3, -0.25) is 4.79 Å². The van der Waals surface area contributed by atoms with Crippen LogP contribution in [0.2, 0.25) is 0 Å². The molecule has 0 saturated heterocycles. The maximum absolute atomic E-state index is 14.6. The summed E-state index contributed by atoms with van der Waals surface area (Å²) in [6.07, 6.45) is 5.01. The van der Waals surface area contributed by atoms with Crippen LogP contribution in [0.3, 0.4) is 0 Å². The molecular weight excluding hydrogens is 421 g/mol. The summed E-state index contributed by atoms with van der Waals surface area (Å²) in [4.78, 5) is 28.9. The lowest BCUT2D eigenvalue weighted by atomic mass is 10.1. The molecule has 6 nitrogen and oxygen atoms in total. The Kier molecular flexibility index (Phi) is 4.92. The minimum Gasteiger partial charge on any atom is -0.338 e. The normalized spacial score (nSPS) is 14.3. The molecule has 4 heterocycles. The number of rotatable bonds is 4. The van der Waals surface area contributed by atoms with Gasteiger partial charge in [-0.2, -0.15) is 0 Å². The molecule has 0 saturated carbocycles. The molecular formula is C21H18FN5OS2. The van der Waals surface area contributed by atoms with Gasteiger partial charge in [0.05, 0.1) is 26.8 Å². The number of nitrogens with zero attached hydrogens (tertiary/aromatic N) is 4. The summed E-state index contributed by atoms with van der Waals surface area (Å²) < 4.78 is 15.4. The topological polar surface area (TPSA) is 71.0 Å². The zero-order valence-corrected chi connectivity index (χ0v) is 17.8. The van der Waals surface area contributed by atoms with Crippen LogP contribution >= 0.6 is 22.7 Å². The molecule has 30 heavy (non-hydrogen) atoms. The average Bonchev–Trinajstić information content (AvgIpc) is 3.40. The van der Waals surface area contributed by atoms with E-state index in [2.05, 4.69) is 26.3 Å². The van der Waals surface area contributed by atoms with Crippen LogP contribution in [0.4, 0.5) is 15.9 Å². The van der Waals surface area contributed by atoms with Crippen LogP contribution in [-0.2, 0) is 4.79 Å². The van der Waals surface area contributed by atoms with Crippen molar-refractivity contribution in [2.24, 2.45) is 0 Å². The van der Waals surface area contributed by atoms with Crippen LogP contribution in [0.5, 0.6) is 0 Å². The molecule has 4 aromatic rings. The molecule has 5 rings (SSSR count). The Morgan fingerprint density at radius 1 is 1.27 bits per heavy atom. The maximum Gasteiger partial charge on any atom is 0.222 e. The van der Waals surface area contributed by atoms with E-state index in [1.807, 2.05) is 17.9 Å². The highest BCUT2D eigenvalue weighted by molar-refractivity contribution is 7.19. The first kappa shape index (κ1) is 19.1. The van der Waals surface area contributed by atoms with Gasteiger partial charge in [0.2, 0.25) is 5.91 Å². The molecule has 1 aliphatic rings. The molecule has 9 heteroatoms. The highest BCUT2D eigenvalue weighted by atomic mass is 32.1. The fourth-order valence-electron chi connectivity index (χ4n) is 3.57. The first-order chi connectivity index (χ1) is 14.6. The lowest BCUT2D eigenvalue weighted by molar-refractivity contribution is -0.130. The minimum absolute atomic E-state index is 0.164. The van der Waals surface area contributed by atoms with E-state index < -0.39 is 0 Å². The number of carbonyl (C=O) groups is 1. The van der Waals surface area contributed by atoms with Crippen molar-refractivity contribution in [3.05, 3.63) is 46.8 Å². The van der Waals surface area contributed by atoms with E-state index in [1.165, 1.54) is 23.7 Å². The highest BCUT2D eigenvalue weighted by Gasteiger charge is 2.20. The third-order valence-electron chi connectivity index (χ3n) is 5.13. The molecule has 0 aliphatic carbocycles. The zero-order valence-electron chi connectivity index (χ0n) is 16.2. The lowest BCUT2D eigenvalue weighted by Crippen LogP contribution is -2.34. The van der Waals surface area contributed by atoms with Crippen molar-refractivity contribution in [2.75, 3.05) is 18.4 Å². The molecule has 1 amide bonds. The monoisotopic (exact) mass is 439 g/mol. The van der Waals surface area contributed by atoms with Crippen LogP contribution in [-0.4, -0.2) is 38.8 Å². The van der Waals surface area contributed by atoms with Crippen molar-refractivity contribution in [1.29, 1.82) is 0 Å². The van der Waals surface area contributed by atoms with E-state index in [-0.39, 0.29) is 11.7 Å². The third kappa shape index (κ3) is 3.44. The first-order valence-electron chi connectivity index (χ1n) is 9.64. The number of nitrogens with one attached hydrogen (secondary N) is 1. The van der Waals surface area contributed by atoms with Gasteiger partial charge in [-0.05, 0) is 30.2 Å². The molecule has 1 N–H and O–H groups in total. The van der Waals surface area contributed by atoms with Crippen LogP contribution in [0.15, 0.2) is 36.1 Å². The summed E-state index contributed by atoms with van der Waals surface area (Å²) in [6.45, 7) is 3.24. The number of hydrogen-bond acceptors (Lipinski definition) is 7. The van der Waals surface area contributed by atoms with Crippen molar-refractivity contribution in [3.63, 3.8) is 0 Å². The third-order valence-corrected chi connectivity index (χ3v) is 7.04. The fourth-order valence-corrected chi connectivity index (χ4v) is 5.29. The quantitative estimate of drug-likeness (QED) is 0.473. The van der Waals surface area contributed by atoms with E-state index in [0.29, 0.717) is 24.5 Å². The van der Waals surface area contributed by atoms with E-state index >= 15 is 0 Å². The second-order valence-corrected chi connectivity index (χ2v) is 8.93. The molecule has 3 aromatic heterocycles. The van der Waals surface area contributed by atoms with Gasteiger partial charge in [0.25, 0.3) is 0 Å². The number of hydrogen-bond donors (Lipinski definition) is 1. The molecule has 152 valence electrons. The smallest absolute Gasteiger partial charge is 0.222 e. The molecule has 0 atom stereocenters. The second-order valence-electron chi connectivity index (χ2n) is 7.02. The Balaban J connectivity index is 1.49. The molecule has 1 aliphatic heterocycles. The van der Waals surface area contributed by atoms with Crippen molar-refractivity contribution >= 4 is 66.1 Å². The Hall–Kier alpha value is -2.91. The number of fused-ring (bicyclic) bond motifs is 2. The standard InChI is InChI=1S/C21H18FN5OS2/c1-2-19(28)27-5-3-4-12(9-27)17-6-13-20(23-10-24-21(13)30-17)26-15-8-16-18(7-14(15)22)29-11-25-16/h4,6-8,10-11H,2-3,5,9H2,1H3,(H,23,24,26). The number of thiazole rings is 1. The van der Waals surface area contributed by atoms with Crippen molar-refractivity contribution in [3.8, 4) is 0 Å². The molecule has 0 bridgehead atoms. The van der Waals surface area contributed by atoms with Gasteiger partial charge in [0.15, 0.2) is 0 Å². The van der Waals surface area contributed by atoms with Gasteiger partial charge in [0, 0.05) is 24.4 Å². The number of amides is 1. The largest absolute Gasteiger partial charge is 0.338 e. The van der Waals surface area contributed by atoms with Crippen molar-refractivity contribution in [1.82, 2.24) is 19.9 Å². The summed E-state index contributed by atoms with van der Waals surface area (Å²) in [6, 6.07) is 5.20. The number of benzene rings is 1. The fraction of sp³-hybridized carbons (Fsp3) is 0.238. The molecule has 0 unspecified atom stereocenters. The van der Waals surface area contributed by atoms with E-state index in [4.69, 9.17) is 0 Å². The Morgan fingerprint density at radius 3 is 3.03 bits per heavy atom. The van der Waals surface area contributed by atoms with Crippen LogP contribution in [0.1, 0.15) is 24.6 Å². The van der Waals surface area contributed by atoms with Gasteiger partial charge < -0.3 is 10.2 Å². The molecule has 0 radical (unpaired) electrons. The minimum atomic E-state index is -0.349. The predicted molar refractivity (Wildman–Crippen MR) is 120 cm³/mol. The van der Waals surface area contributed by atoms with Gasteiger partial charge in [-0.25, -0.2) is 19.3 Å². The summed E-state index contributed by atoms with van der Waals surface area (Å²) in [5, 5.41) is 3.94. The van der Waals surface area contributed by atoms with Crippen LogP contribution < -0.4 is 5.32 Å². The first-order valence-corrected chi connectivity index (χ1v) is 11.3. The lowest BCUT2D eigenvalue weighted by Gasteiger charge is -2.26. The summed E-state index contributed by atoms with van der Waals surface area (Å²) in [5.74, 6) is 0.364. The van der Waals surface area contributed by atoms with Gasteiger partial charge in [-0.1, -0.05) is 13.0 Å². The Morgan fingerprint density at radius 2 is 2.17 bits per heavy atom. The highest BCUT2D eigenvalue weighted by Crippen LogP contribution is 2.36. The summed E-state index contributed by atoms with van der Waals surface area (Å²) >= 11 is 2.96. The predicted octanol–water partition coefficient (Wildman–Crippen LogP) is 5.21.